The second-order valence-corrected chi connectivity index (χ2v) is 19.5. The van der Waals surface area contributed by atoms with E-state index in [2.05, 4.69) is 104 Å². The van der Waals surface area contributed by atoms with Crippen LogP contribution in [0.1, 0.15) is 70.4 Å². The molecule has 74 heavy (non-hydrogen) atoms. The zero-order valence-electron chi connectivity index (χ0n) is 42.2. The Bertz CT molecular complexity index is 3240. The van der Waals surface area contributed by atoms with Gasteiger partial charge in [-0.25, -0.2) is 0 Å². The highest BCUT2D eigenvalue weighted by Gasteiger charge is 2.25. The molecule has 2 saturated heterocycles. The molecule has 2 fully saturated rings. The minimum absolute atomic E-state index is 0.124. The number of para-hydroxylation sites is 2. The van der Waals surface area contributed by atoms with Crippen molar-refractivity contribution in [1.82, 2.24) is 19.9 Å². The Morgan fingerprint density at radius 3 is 1.36 bits per heavy atom. The fraction of sp³-hybridized carbons (Fsp3) is 0.267. The summed E-state index contributed by atoms with van der Waals surface area (Å²) in [5, 5.41) is 7.18. The van der Waals surface area contributed by atoms with Crippen LogP contribution in [0, 0.1) is 13.8 Å². The number of morpholine rings is 2. The fourth-order valence-corrected chi connectivity index (χ4v) is 10.2. The van der Waals surface area contributed by atoms with Crippen LogP contribution >= 0.6 is 0 Å². The van der Waals surface area contributed by atoms with Gasteiger partial charge >= 0.3 is 0 Å². The maximum absolute atomic E-state index is 12.6. The van der Waals surface area contributed by atoms with Crippen molar-refractivity contribution < 1.29 is 18.9 Å². The number of aryl methyl sites for hydroxylation is 2. The maximum atomic E-state index is 12.6. The number of aromatic nitrogens is 4. The van der Waals surface area contributed by atoms with Crippen molar-refractivity contribution in [3.05, 3.63) is 199 Å². The molecular formula is C60H60N8O6. The third-order valence-electron chi connectivity index (χ3n) is 14.0. The summed E-state index contributed by atoms with van der Waals surface area (Å²) in [6, 6.07) is 36.6. The lowest BCUT2D eigenvalue weighted by atomic mass is 9.96. The minimum Gasteiger partial charge on any atom is -0.456 e. The Labute approximate surface area is 430 Å². The van der Waals surface area contributed by atoms with E-state index in [1.807, 2.05) is 85.5 Å². The highest BCUT2D eigenvalue weighted by molar-refractivity contribution is 5.76. The van der Waals surface area contributed by atoms with Crippen LogP contribution in [-0.4, -0.2) is 72.5 Å². The first-order valence-electron chi connectivity index (χ1n) is 25.4. The van der Waals surface area contributed by atoms with E-state index in [0.29, 0.717) is 26.4 Å². The number of rotatable bonds is 10. The molecule has 14 nitrogen and oxygen atoms in total. The Kier molecular flexibility index (Phi) is 13.7. The van der Waals surface area contributed by atoms with Gasteiger partial charge in [0.15, 0.2) is 0 Å². The number of fused-ring (bicyclic) bond motifs is 4. The van der Waals surface area contributed by atoms with Gasteiger partial charge in [0, 0.05) is 121 Å². The average molecular weight is 989 g/mol. The van der Waals surface area contributed by atoms with Crippen LogP contribution < -0.4 is 41.0 Å². The molecule has 0 aliphatic carbocycles. The van der Waals surface area contributed by atoms with Crippen molar-refractivity contribution in [2.45, 2.75) is 52.6 Å². The fourth-order valence-electron chi connectivity index (χ4n) is 10.2. The molecule has 0 spiro atoms. The van der Waals surface area contributed by atoms with E-state index in [4.69, 9.17) is 18.9 Å². The van der Waals surface area contributed by atoms with E-state index in [1.165, 1.54) is 0 Å². The monoisotopic (exact) mass is 988 g/mol. The smallest absolute Gasteiger partial charge is 0.250 e. The SMILES string of the molecule is Cc1cncc(C(C)Nc2ccc3c(c2)Cc2cccc(-c4cc(N5CCOCC5)cc(=O)[nH]4)c2O3)c1.Cc1cncc(C(C)Nc2ccc3c(c2)Cc2cccc(-c4cc(N5CCOCC5)cc(=O)[nH]4)c2O3)c1. The zero-order chi connectivity index (χ0) is 50.7. The number of hydrogen-bond acceptors (Lipinski definition) is 12. The number of ether oxygens (including phenoxy) is 4. The number of anilines is 4. The normalized spacial score (nSPS) is 15.4. The molecule has 0 bridgehead atoms. The van der Waals surface area contributed by atoms with Crippen LogP contribution in [0.4, 0.5) is 22.7 Å². The molecule has 4 aromatic carbocycles. The van der Waals surface area contributed by atoms with Gasteiger partial charge in [0.1, 0.15) is 23.0 Å². The maximum Gasteiger partial charge on any atom is 0.250 e. The summed E-state index contributed by atoms with van der Waals surface area (Å²) in [4.78, 5) is 44.2. The van der Waals surface area contributed by atoms with E-state index in [1.54, 1.807) is 12.1 Å². The highest BCUT2D eigenvalue weighted by atomic mass is 16.5. The summed E-state index contributed by atoms with van der Waals surface area (Å²) >= 11 is 0. The summed E-state index contributed by atoms with van der Waals surface area (Å²) in [7, 11) is 0. The second-order valence-electron chi connectivity index (χ2n) is 19.5. The molecule has 8 heterocycles. The molecule has 376 valence electrons. The molecule has 0 saturated carbocycles. The van der Waals surface area contributed by atoms with Gasteiger partial charge in [-0.1, -0.05) is 36.4 Å². The van der Waals surface area contributed by atoms with Crippen LogP contribution in [0.15, 0.2) is 144 Å². The Morgan fingerprint density at radius 1 is 0.514 bits per heavy atom. The quantitative estimate of drug-likeness (QED) is 0.103. The number of nitrogens with zero attached hydrogens (tertiary/aromatic N) is 4. The molecule has 12 rings (SSSR count). The van der Waals surface area contributed by atoms with E-state index >= 15 is 0 Å². The molecule has 8 aromatic rings. The molecule has 4 aliphatic rings. The first-order chi connectivity index (χ1) is 36.1. The number of pyridine rings is 4. The Morgan fingerprint density at radius 2 is 0.946 bits per heavy atom. The van der Waals surface area contributed by atoms with Gasteiger partial charge in [-0.15, -0.1) is 0 Å². The van der Waals surface area contributed by atoms with Crippen LogP contribution in [0.2, 0.25) is 0 Å². The molecule has 4 aromatic heterocycles. The first kappa shape index (κ1) is 48.1. The third-order valence-corrected chi connectivity index (χ3v) is 14.0. The van der Waals surface area contributed by atoms with Crippen LogP contribution in [0.5, 0.6) is 23.0 Å². The van der Waals surface area contributed by atoms with E-state index in [0.717, 1.165) is 152 Å². The van der Waals surface area contributed by atoms with Crippen LogP contribution in [0.3, 0.4) is 0 Å². The van der Waals surface area contributed by atoms with Crippen LogP contribution in [-0.2, 0) is 22.3 Å². The standard InChI is InChI=1S/2C30H30N4O3/c2*1-19-12-23(18-31-17-19)20(2)32-24-6-7-28-22(14-24)13-21-4-3-5-26(30(21)37-28)27-15-25(16-29(35)33-27)34-8-10-36-11-9-34/h2*3-7,12,14-18,20,32H,8-11,13H2,1-2H3,(H,33,35). The lowest BCUT2D eigenvalue weighted by Crippen LogP contribution is -2.36. The van der Waals surface area contributed by atoms with Gasteiger partial charge in [-0.3, -0.25) is 19.6 Å². The predicted octanol–water partition coefficient (Wildman–Crippen LogP) is 10.9. The Hall–Kier alpha value is -8.20. The van der Waals surface area contributed by atoms with Crippen molar-refractivity contribution in [3.8, 4) is 45.5 Å². The minimum atomic E-state index is -0.124. The number of aromatic amines is 2. The average Bonchev–Trinajstić information content (AvgIpc) is 3.42. The predicted molar refractivity (Wildman–Crippen MR) is 292 cm³/mol. The summed E-state index contributed by atoms with van der Waals surface area (Å²) in [6.45, 7) is 14.1. The molecule has 2 unspecified atom stereocenters. The number of H-pyrrole nitrogens is 2. The molecule has 0 radical (unpaired) electrons. The van der Waals surface area contributed by atoms with Gasteiger partial charge in [-0.05, 0) is 122 Å². The van der Waals surface area contributed by atoms with Gasteiger partial charge in [0.25, 0.3) is 0 Å². The van der Waals surface area contributed by atoms with E-state index < -0.39 is 0 Å². The lowest BCUT2D eigenvalue weighted by Gasteiger charge is -2.29. The van der Waals surface area contributed by atoms with Gasteiger partial charge in [-0.2, -0.15) is 0 Å². The van der Waals surface area contributed by atoms with Crippen molar-refractivity contribution in [1.29, 1.82) is 0 Å². The molecule has 4 N–H and O–H groups in total. The molecular weight excluding hydrogens is 929 g/mol. The van der Waals surface area contributed by atoms with Crippen molar-refractivity contribution in [2.75, 3.05) is 73.0 Å². The van der Waals surface area contributed by atoms with Crippen molar-refractivity contribution in [3.63, 3.8) is 0 Å². The summed E-state index contributed by atoms with van der Waals surface area (Å²) in [6.07, 6.45) is 9.05. The largest absolute Gasteiger partial charge is 0.456 e. The second kappa shape index (κ2) is 21.1. The van der Waals surface area contributed by atoms with E-state index in [-0.39, 0.29) is 23.2 Å². The van der Waals surface area contributed by atoms with Gasteiger partial charge in [0.2, 0.25) is 11.1 Å². The molecule has 2 atom stereocenters. The number of benzene rings is 4. The zero-order valence-corrected chi connectivity index (χ0v) is 42.2. The summed E-state index contributed by atoms with van der Waals surface area (Å²) in [5.74, 6) is 3.26. The lowest BCUT2D eigenvalue weighted by molar-refractivity contribution is 0.122. The molecule has 14 heteroatoms. The van der Waals surface area contributed by atoms with Gasteiger partial charge < -0.3 is 49.3 Å². The Balaban J connectivity index is 0.000000159. The van der Waals surface area contributed by atoms with Crippen molar-refractivity contribution >= 4 is 22.7 Å². The van der Waals surface area contributed by atoms with Crippen molar-refractivity contribution in [2.24, 2.45) is 0 Å². The number of nitrogens with one attached hydrogen (secondary N) is 4. The number of hydrogen-bond donors (Lipinski definition) is 4. The topological polar surface area (TPSA) is 159 Å². The summed E-state index contributed by atoms with van der Waals surface area (Å²) < 4.78 is 23.9. The van der Waals surface area contributed by atoms with Crippen LogP contribution in [0.25, 0.3) is 22.5 Å². The molecule has 4 aliphatic heterocycles. The highest BCUT2D eigenvalue weighted by Crippen LogP contribution is 2.45. The molecule has 0 amide bonds. The summed E-state index contributed by atoms with van der Waals surface area (Å²) in [5.41, 5.74) is 16.0. The van der Waals surface area contributed by atoms with Gasteiger partial charge in [0.05, 0.1) is 49.9 Å². The van der Waals surface area contributed by atoms with E-state index in [9.17, 15) is 9.59 Å². The third kappa shape index (κ3) is 10.6. The first-order valence-corrected chi connectivity index (χ1v) is 25.4.